The first kappa shape index (κ1) is 15.5. The fourth-order valence-corrected chi connectivity index (χ4v) is 2.81. The van der Waals surface area contributed by atoms with Gasteiger partial charge in [-0.3, -0.25) is 4.68 Å². The molecule has 7 heteroatoms. The molecule has 0 spiro atoms. The van der Waals surface area contributed by atoms with Crippen molar-refractivity contribution in [1.82, 2.24) is 14.5 Å². The third-order valence-electron chi connectivity index (χ3n) is 2.91. The van der Waals surface area contributed by atoms with E-state index in [9.17, 15) is 8.42 Å². The summed E-state index contributed by atoms with van der Waals surface area (Å²) < 4.78 is 33.9. The molecule has 0 aliphatic carbocycles. The van der Waals surface area contributed by atoms with Crippen LogP contribution >= 0.6 is 0 Å². The SMILES string of the molecule is CCOc1ccc(S(=O)(=O)NCc2ccn(CC)n2)cc1. The van der Waals surface area contributed by atoms with Gasteiger partial charge in [0.1, 0.15) is 5.75 Å². The summed E-state index contributed by atoms with van der Waals surface area (Å²) in [6.45, 7) is 5.32. The van der Waals surface area contributed by atoms with Crippen LogP contribution in [0.4, 0.5) is 0 Å². The molecule has 0 fully saturated rings. The second-order valence-corrected chi connectivity index (χ2v) is 6.16. The van der Waals surface area contributed by atoms with Crippen molar-refractivity contribution in [2.45, 2.75) is 31.8 Å². The van der Waals surface area contributed by atoms with Gasteiger partial charge in [-0.15, -0.1) is 0 Å². The molecule has 0 radical (unpaired) electrons. The molecule has 1 aromatic carbocycles. The Morgan fingerprint density at radius 2 is 1.90 bits per heavy atom. The lowest BCUT2D eigenvalue weighted by atomic mass is 10.3. The molecule has 114 valence electrons. The highest BCUT2D eigenvalue weighted by molar-refractivity contribution is 7.89. The van der Waals surface area contributed by atoms with Gasteiger partial charge in [0.25, 0.3) is 0 Å². The first-order valence-electron chi connectivity index (χ1n) is 6.80. The minimum absolute atomic E-state index is 0.169. The average molecular weight is 309 g/mol. The van der Waals surface area contributed by atoms with E-state index in [0.29, 0.717) is 18.1 Å². The minimum atomic E-state index is -3.54. The highest BCUT2D eigenvalue weighted by Crippen LogP contribution is 2.16. The van der Waals surface area contributed by atoms with E-state index in [1.54, 1.807) is 22.9 Å². The molecular weight excluding hydrogens is 290 g/mol. The van der Waals surface area contributed by atoms with Crippen LogP contribution in [0.25, 0.3) is 0 Å². The number of rotatable bonds is 7. The van der Waals surface area contributed by atoms with Crippen molar-refractivity contribution in [2.75, 3.05) is 6.61 Å². The van der Waals surface area contributed by atoms with Gasteiger partial charge in [-0.25, -0.2) is 13.1 Å². The molecule has 0 aliphatic rings. The molecule has 2 rings (SSSR count). The Balaban J connectivity index is 2.03. The van der Waals surface area contributed by atoms with Crippen LogP contribution < -0.4 is 9.46 Å². The van der Waals surface area contributed by atoms with Crippen molar-refractivity contribution in [3.8, 4) is 5.75 Å². The summed E-state index contributed by atoms with van der Waals surface area (Å²) >= 11 is 0. The zero-order valence-electron chi connectivity index (χ0n) is 12.1. The molecule has 0 aliphatic heterocycles. The zero-order valence-corrected chi connectivity index (χ0v) is 12.9. The van der Waals surface area contributed by atoms with Crippen LogP contribution in [0.1, 0.15) is 19.5 Å². The molecule has 2 aromatic rings. The molecule has 6 nitrogen and oxygen atoms in total. The van der Waals surface area contributed by atoms with Crippen molar-refractivity contribution in [1.29, 1.82) is 0 Å². The predicted molar refractivity (Wildman–Crippen MR) is 79.5 cm³/mol. The number of hydrogen-bond acceptors (Lipinski definition) is 4. The number of aryl methyl sites for hydroxylation is 1. The summed E-state index contributed by atoms with van der Waals surface area (Å²) in [6, 6.07) is 8.13. The number of nitrogens with zero attached hydrogens (tertiary/aromatic N) is 2. The molecule has 1 heterocycles. The smallest absolute Gasteiger partial charge is 0.240 e. The van der Waals surface area contributed by atoms with E-state index in [-0.39, 0.29) is 11.4 Å². The number of nitrogens with one attached hydrogen (secondary N) is 1. The highest BCUT2D eigenvalue weighted by atomic mass is 32.2. The summed E-state index contributed by atoms with van der Waals surface area (Å²) in [6.07, 6.45) is 1.82. The van der Waals surface area contributed by atoms with E-state index in [0.717, 1.165) is 6.54 Å². The lowest BCUT2D eigenvalue weighted by Gasteiger charge is -2.07. The van der Waals surface area contributed by atoms with Gasteiger partial charge < -0.3 is 4.74 Å². The topological polar surface area (TPSA) is 73.2 Å². The summed E-state index contributed by atoms with van der Waals surface area (Å²) in [5.74, 6) is 0.651. The van der Waals surface area contributed by atoms with Gasteiger partial charge in [0.05, 0.1) is 23.7 Å². The van der Waals surface area contributed by atoms with Crippen LogP contribution in [0.15, 0.2) is 41.4 Å². The van der Waals surface area contributed by atoms with Crippen LogP contribution in [0.2, 0.25) is 0 Å². The van der Waals surface area contributed by atoms with Crippen molar-refractivity contribution < 1.29 is 13.2 Å². The van der Waals surface area contributed by atoms with Crippen LogP contribution in [-0.2, 0) is 23.1 Å². The molecule has 1 N–H and O–H groups in total. The van der Waals surface area contributed by atoms with Crippen molar-refractivity contribution in [2.24, 2.45) is 0 Å². The van der Waals surface area contributed by atoms with Gasteiger partial charge in [-0.05, 0) is 44.2 Å². The van der Waals surface area contributed by atoms with Crippen molar-refractivity contribution in [3.05, 3.63) is 42.2 Å². The van der Waals surface area contributed by atoms with Crippen LogP contribution in [-0.4, -0.2) is 24.8 Å². The lowest BCUT2D eigenvalue weighted by molar-refractivity contribution is 0.340. The van der Waals surface area contributed by atoms with Gasteiger partial charge in [0, 0.05) is 12.7 Å². The van der Waals surface area contributed by atoms with E-state index in [2.05, 4.69) is 9.82 Å². The first-order valence-corrected chi connectivity index (χ1v) is 8.28. The predicted octanol–water partition coefficient (Wildman–Crippen LogP) is 1.78. The maximum Gasteiger partial charge on any atom is 0.240 e. The van der Waals surface area contributed by atoms with Gasteiger partial charge in [0.15, 0.2) is 0 Å². The van der Waals surface area contributed by atoms with Crippen molar-refractivity contribution in [3.63, 3.8) is 0 Å². The fourth-order valence-electron chi connectivity index (χ4n) is 1.81. The Morgan fingerprint density at radius 1 is 1.19 bits per heavy atom. The molecule has 1 aromatic heterocycles. The van der Waals surface area contributed by atoms with Gasteiger partial charge in [0.2, 0.25) is 10.0 Å². The Kier molecular flexibility index (Phi) is 4.98. The van der Waals surface area contributed by atoms with Crippen LogP contribution in [0, 0.1) is 0 Å². The van der Waals surface area contributed by atoms with Gasteiger partial charge in [-0.2, -0.15) is 5.10 Å². The normalized spacial score (nSPS) is 11.5. The molecule has 0 atom stereocenters. The first-order chi connectivity index (χ1) is 10.0. The maximum absolute atomic E-state index is 12.2. The van der Waals surface area contributed by atoms with E-state index in [4.69, 9.17) is 4.74 Å². The summed E-state index contributed by atoms with van der Waals surface area (Å²) in [7, 11) is -3.54. The number of ether oxygens (including phenoxy) is 1. The second kappa shape index (κ2) is 6.73. The Bertz CT molecular complexity index is 678. The molecule has 0 bridgehead atoms. The minimum Gasteiger partial charge on any atom is -0.494 e. The van der Waals surface area contributed by atoms with Crippen molar-refractivity contribution >= 4 is 10.0 Å². The average Bonchev–Trinajstić information content (AvgIpc) is 2.94. The van der Waals surface area contributed by atoms with E-state index >= 15 is 0 Å². The molecular formula is C14H19N3O3S. The fraction of sp³-hybridized carbons (Fsp3) is 0.357. The number of benzene rings is 1. The van der Waals surface area contributed by atoms with E-state index in [1.807, 2.05) is 20.0 Å². The summed E-state index contributed by atoms with van der Waals surface area (Å²) in [4.78, 5) is 0.209. The van der Waals surface area contributed by atoms with E-state index in [1.165, 1.54) is 12.1 Å². The summed E-state index contributed by atoms with van der Waals surface area (Å²) in [5, 5.41) is 4.23. The van der Waals surface area contributed by atoms with Gasteiger partial charge >= 0.3 is 0 Å². The Morgan fingerprint density at radius 3 is 2.48 bits per heavy atom. The molecule has 0 saturated carbocycles. The molecule has 21 heavy (non-hydrogen) atoms. The Hall–Kier alpha value is -1.86. The molecule has 0 unspecified atom stereocenters. The molecule has 0 saturated heterocycles. The lowest BCUT2D eigenvalue weighted by Crippen LogP contribution is -2.23. The monoisotopic (exact) mass is 309 g/mol. The Labute approximate surface area is 124 Å². The number of sulfonamides is 1. The number of aromatic nitrogens is 2. The standard InChI is InChI=1S/C14H19N3O3S/c1-3-17-10-9-12(16-17)11-15-21(18,19)14-7-5-13(6-8-14)20-4-2/h5-10,15H,3-4,11H2,1-2H3. The third-order valence-corrected chi connectivity index (χ3v) is 4.33. The second-order valence-electron chi connectivity index (χ2n) is 4.39. The van der Waals surface area contributed by atoms with E-state index < -0.39 is 10.0 Å². The third kappa shape index (κ3) is 4.05. The largest absolute Gasteiger partial charge is 0.494 e. The van der Waals surface area contributed by atoms with Crippen LogP contribution in [0.5, 0.6) is 5.75 Å². The zero-order chi connectivity index (χ0) is 15.3. The number of hydrogen-bond donors (Lipinski definition) is 1. The van der Waals surface area contributed by atoms with Gasteiger partial charge in [-0.1, -0.05) is 0 Å². The molecule has 0 amide bonds. The van der Waals surface area contributed by atoms with Crippen LogP contribution in [0.3, 0.4) is 0 Å². The quantitative estimate of drug-likeness (QED) is 0.846. The maximum atomic E-state index is 12.2. The summed E-state index contributed by atoms with van der Waals surface area (Å²) in [5.41, 5.74) is 0.686. The highest BCUT2D eigenvalue weighted by Gasteiger charge is 2.14.